The van der Waals surface area contributed by atoms with Crippen molar-refractivity contribution in [3.8, 4) is 5.75 Å². The molecule has 0 spiro atoms. The van der Waals surface area contributed by atoms with Crippen molar-refractivity contribution < 1.29 is 9.66 Å². The highest BCUT2D eigenvalue weighted by atomic mass is 79.9. The molecule has 0 aliphatic rings. The van der Waals surface area contributed by atoms with Gasteiger partial charge in [0.25, 0.3) is 5.69 Å². The summed E-state index contributed by atoms with van der Waals surface area (Å²) < 4.78 is 6.64. The summed E-state index contributed by atoms with van der Waals surface area (Å²) in [7, 11) is 0. The lowest BCUT2D eigenvalue weighted by atomic mass is 10.1. The van der Waals surface area contributed by atoms with E-state index in [2.05, 4.69) is 15.9 Å². The van der Waals surface area contributed by atoms with E-state index in [-0.39, 0.29) is 18.3 Å². The normalized spacial score (nSPS) is 12.0. The number of nitrogens with zero attached hydrogens (tertiary/aromatic N) is 1. The lowest BCUT2D eigenvalue weighted by Gasteiger charge is -2.14. The number of para-hydroxylation sites is 1. The van der Waals surface area contributed by atoms with Gasteiger partial charge in [-0.15, -0.1) is 0 Å². The summed E-state index contributed by atoms with van der Waals surface area (Å²) in [5.74, 6) is 0.631. The van der Waals surface area contributed by atoms with Crippen molar-refractivity contribution in [2.45, 2.75) is 19.6 Å². The SMILES string of the molecule is CC(N)c1cc(Br)ccc1OCc1ccccc1[N+](=O)[O-]. The van der Waals surface area contributed by atoms with Gasteiger partial charge in [0.15, 0.2) is 0 Å². The molecule has 5 nitrogen and oxygen atoms in total. The average Bonchev–Trinajstić information content (AvgIpc) is 2.46. The van der Waals surface area contributed by atoms with E-state index in [0.717, 1.165) is 10.0 Å². The highest BCUT2D eigenvalue weighted by Gasteiger charge is 2.14. The molecule has 1 unspecified atom stereocenters. The Morgan fingerprint density at radius 3 is 2.71 bits per heavy atom. The molecule has 0 aliphatic carbocycles. The summed E-state index contributed by atoms with van der Waals surface area (Å²) in [4.78, 5) is 10.6. The Balaban J connectivity index is 2.23. The molecular weight excluding hydrogens is 336 g/mol. The highest BCUT2D eigenvalue weighted by Crippen LogP contribution is 2.29. The largest absolute Gasteiger partial charge is 0.488 e. The molecule has 2 aromatic rings. The van der Waals surface area contributed by atoms with E-state index >= 15 is 0 Å². The second-order valence-electron chi connectivity index (χ2n) is 4.65. The van der Waals surface area contributed by atoms with Crippen molar-refractivity contribution >= 4 is 21.6 Å². The van der Waals surface area contributed by atoms with E-state index in [1.165, 1.54) is 6.07 Å². The fourth-order valence-corrected chi connectivity index (χ4v) is 2.35. The third kappa shape index (κ3) is 3.80. The standard InChI is InChI=1S/C15H15BrN2O3/c1-10(17)13-8-12(16)6-7-15(13)21-9-11-4-2-3-5-14(11)18(19)20/h2-8,10H,9,17H2,1H3. The van der Waals surface area contributed by atoms with Crippen LogP contribution in [0.5, 0.6) is 5.75 Å². The molecule has 6 heteroatoms. The van der Waals surface area contributed by atoms with Crippen LogP contribution in [0.3, 0.4) is 0 Å². The van der Waals surface area contributed by atoms with Gasteiger partial charge in [-0.3, -0.25) is 10.1 Å². The average molecular weight is 351 g/mol. The van der Waals surface area contributed by atoms with Crippen molar-refractivity contribution in [2.75, 3.05) is 0 Å². The fourth-order valence-electron chi connectivity index (χ4n) is 1.97. The van der Waals surface area contributed by atoms with E-state index in [4.69, 9.17) is 10.5 Å². The molecule has 2 aromatic carbocycles. The van der Waals surface area contributed by atoms with Crippen LogP contribution >= 0.6 is 15.9 Å². The summed E-state index contributed by atoms with van der Waals surface area (Å²) in [6.07, 6.45) is 0. The van der Waals surface area contributed by atoms with Crippen LogP contribution in [0.25, 0.3) is 0 Å². The van der Waals surface area contributed by atoms with Gasteiger partial charge in [-0.1, -0.05) is 28.1 Å². The third-order valence-corrected chi connectivity index (χ3v) is 3.53. The van der Waals surface area contributed by atoms with Crippen molar-refractivity contribution in [1.29, 1.82) is 0 Å². The molecule has 0 heterocycles. The van der Waals surface area contributed by atoms with Gasteiger partial charge in [-0.25, -0.2) is 0 Å². The number of halogens is 1. The third-order valence-electron chi connectivity index (χ3n) is 3.03. The Labute approximate surface area is 131 Å². The van der Waals surface area contributed by atoms with Crippen LogP contribution in [-0.4, -0.2) is 4.92 Å². The molecule has 0 radical (unpaired) electrons. The van der Waals surface area contributed by atoms with Crippen LogP contribution in [0.1, 0.15) is 24.1 Å². The lowest BCUT2D eigenvalue weighted by molar-refractivity contribution is -0.385. The summed E-state index contributed by atoms with van der Waals surface area (Å²) in [6, 6.07) is 11.9. The minimum absolute atomic E-state index is 0.0527. The number of nitro benzene ring substituents is 1. The number of hydrogen-bond acceptors (Lipinski definition) is 4. The maximum Gasteiger partial charge on any atom is 0.276 e. The number of nitrogens with two attached hydrogens (primary N) is 1. The quantitative estimate of drug-likeness (QED) is 0.653. The number of benzene rings is 2. The van der Waals surface area contributed by atoms with Crippen LogP contribution in [0.2, 0.25) is 0 Å². The van der Waals surface area contributed by atoms with E-state index in [1.807, 2.05) is 19.1 Å². The predicted molar refractivity (Wildman–Crippen MR) is 84.2 cm³/mol. The maximum absolute atomic E-state index is 11.0. The van der Waals surface area contributed by atoms with Crippen LogP contribution in [0.15, 0.2) is 46.9 Å². The van der Waals surface area contributed by atoms with Gasteiger partial charge in [0.05, 0.1) is 10.5 Å². The Morgan fingerprint density at radius 1 is 1.33 bits per heavy atom. The molecule has 0 fully saturated rings. The number of rotatable bonds is 5. The second kappa shape index (κ2) is 6.69. The monoisotopic (exact) mass is 350 g/mol. The molecule has 2 rings (SSSR count). The highest BCUT2D eigenvalue weighted by molar-refractivity contribution is 9.10. The first-order valence-electron chi connectivity index (χ1n) is 6.39. The van der Waals surface area contributed by atoms with Crippen molar-refractivity contribution in [2.24, 2.45) is 5.73 Å². The molecule has 0 aliphatic heterocycles. The molecule has 21 heavy (non-hydrogen) atoms. The van der Waals surface area contributed by atoms with Gasteiger partial charge in [0, 0.05) is 22.1 Å². The van der Waals surface area contributed by atoms with E-state index in [0.29, 0.717) is 11.3 Å². The first-order chi connectivity index (χ1) is 9.99. The van der Waals surface area contributed by atoms with Crippen LogP contribution in [0, 0.1) is 10.1 Å². The molecule has 0 aromatic heterocycles. The summed E-state index contributed by atoms with van der Waals surface area (Å²) >= 11 is 3.39. The minimum Gasteiger partial charge on any atom is -0.488 e. The summed E-state index contributed by atoms with van der Waals surface area (Å²) in [5.41, 5.74) is 7.35. The van der Waals surface area contributed by atoms with Crippen molar-refractivity contribution in [1.82, 2.24) is 0 Å². The Hall–Kier alpha value is -1.92. The van der Waals surface area contributed by atoms with Gasteiger partial charge < -0.3 is 10.5 Å². The summed E-state index contributed by atoms with van der Waals surface area (Å²) in [5, 5.41) is 11.0. The van der Waals surface area contributed by atoms with E-state index in [1.54, 1.807) is 24.3 Å². The van der Waals surface area contributed by atoms with Gasteiger partial charge >= 0.3 is 0 Å². The topological polar surface area (TPSA) is 78.4 Å². The lowest BCUT2D eigenvalue weighted by Crippen LogP contribution is -2.08. The number of hydrogen-bond donors (Lipinski definition) is 1. The molecular formula is C15H15BrN2O3. The number of ether oxygens (including phenoxy) is 1. The molecule has 2 N–H and O–H groups in total. The molecule has 0 saturated carbocycles. The zero-order chi connectivity index (χ0) is 15.4. The Kier molecular flexibility index (Phi) is 4.93. The van der Waals surface area contributed by atoms with Crippen molar-refractivity contribution in [3.05, 3.63) is 68.2 Å². The first kappa shape index (κ1) is 15.5. The van der Waals surface area contributed by atoms with Crippen LogP contribution in [0.4, 0.5) is 5.69 Å². The Morgan fingerprint density at radius 2 is 2.05 bits per heavy atom. The smallest absolute Gasteiger partial charge is 0.276 e. The van der Waals surface area contributed by atoms with Crippen LogP contribution < -0.4 is 10.5 Å². The van der Waals surface area contributed by atoms with Crippen molar-refractivity contribution in [3.63, 3.8) is 0 Å². The zero-order valence-electron chi connectivity index (χ0n) is 11.5. The summed E-state index contributed by atoms with van der Waals surface area (Å²) in [6.45, 7) is 1.98. The Bertz CT molecular complexity index is 659. The fraction of sp³-hybridized carbons (Fsp3) is 0.200. The predicted octanol–water partition coefficient (Wildman–Crippen LogP) is 3.96. The molecule has 1 atom stereocenters. The van der Waals surface area contributed by atoms with Gasteiger partial charge in [0.2, 0.25) is 0 Å². The van der Waals surface area contributed by atoms with E-state index in [9.17, 15) is 10.1 Å². The molecule has 0 saturated heterocycles. The first-order valence-corrected chi connectivity index (χ1v) is 7.18. The zero-order valence-corrected chi connectivity index (χ0v) is 13.0. The second-order valence-corrected chi connectivity index (χ2v) is 5.56. The molecule has 110 valence electrons. The van der Waals surface area contributed by atoms with Gasteiger partial charge in [-0.2, -0.15) is 0 Å². The number of nitro groups is 1. The molecule has 0 amide bonds. The maximum atomic E-state index is 11.0. The minimum atomic E-state index is -0.410. The van der Waals surface area contributed by atoms with Gasteiger partial charge in [0.1, 0.15) is 12.4 Å². The van der Waals surface area contributed by atoms with Gasteiger partial charge in [-0.05, 0) is 31.2 Å². The van der Waals surface area contributed by atoms with E-state index < -0.39 is 4.92 Å². The molecule has 0 bridgehead atoms. The van der Waals surface area contributed by atoms with Crippen LogP contribution in [-0.2, 0) is 6.61 Å².